The Bertz CT molecular complexity index is 410. The van der Waals surface area contributed by atoms with Crippen LogP contribution < -0.4 is 0 Å². The van der Waals surface area contributed by atoms with Crippen LogP contribution in [0.15, 0.2) is 30.3 Å². The maximum atomic E-state index is 10.6. The third-order valence-corrected chi connectivity index (χ3v) is 1.97. The lowest BCUT2D eigenvalue weighted by atomic mass is 10.4. The molecule has 0 aliphatic rings. The number of hydrogen-bond acceptors (Lipinski definition) is 7. The number of isocyanates is 1. The molecule has 7 nitrogen and oxygen atoms in total. The van der Waals surface area contributed by atoms with Gasteiger partial charge in [-0.15, -0.1) is 0 Å². The molecule has 0 N–H and O–H groups in total. The first kappa shape index (κ1) is 21.1. The van der Waals surface area contributed by atoms with E-state index in [0.29, 0.717) is 6.42 Å². The van der Waals surface area contributed by atoms with Crippen molar-refractivity contribution < 1.29 is 28.6 Å². The summed E-state index contributed by atoms with van der Waals surface area (Å²) < 4.78 is 14.2. The zero-order valence-electron chi connectivity index (χ0n) is 12.8. The normalized spacial score (nSPS) is 10.9. The summed E-state index contributed by atoms with van der Waals surface area (Å²) in [6, 6.07) is 0. The van der Waals surface area contributed by atoms with E-state index in [1.807, 2.05) is 0 Å². The number of esters is 2. The standard InChI is InChI=1S/C7H9NO3.C7H12O3/c1-3-6(8-5-9)11-7(10)4-2;1-5-6(8)10-7(2,3)9-4/h4,6H,2-3H2,1H3;5H,1H2,2-4H3. The predicted molar refractivity (Wildman–Crippen MR) is 75.9 cm³/mol. The number of hydrogen-bond donors (Lipinski definition) is 0. The molecule has 0 bridgehead atoms. The zero-order chi connectivity index (χ0) is 16.9. The van der Waals surface area contributed by atoms with Gasteiger partial charge in [-0.1, -0.05) is 20.1 Å². The Morgan fingerprint density at radius 2 is 1.81 bits per heavy atom. The van der Waals surface area contributed by atoms with E-state index in [1.165, 1.54) is 13.2 Å². The van der Waals surface area contributed by atoms with Crippen molar-refractivity contribution in [2.24, 2.45) is 4.99 Å². The van der Waals surface area contributed by atoms with Gasteiger partial charge in [0.25, 0.3) is 0 Å². The van der Waals surface area contributed by atoms with E-state index in [4.69, 9.17) is 9.47 Å². The van der Waals surface area contributed by atoms with Crippen molar-refractivity contribution in [2.75, 3.05) is 7.11 Å². The highest BCUT2D eigenvalue weighted by atomic mass is 16.7. The summed E-state index contributed by atoms with van der Waals surface area (Å²) in [6.07, 6.45) is 3.16. The Balaban J connectivity index is 0. The fourth-order valence-corrected chi connectivity index (χ4v) is 0.768. The second kappa shape index (κ2) is 11.6. The van der Waals surface area contributed by atoms with E-state index in [-0.39, 0.29) is 0 Å². The number of ether oxygens (including phenoxy) is 3. The lowest BCUT2D eigenvalue weighted by molar-refractivity contribution is -0.200. The van der Waals surface area contributed by atoms with Crippen molar-refractivity contribution in [3.8, 4) is 0 Å². The molecule has 0 fully saturated rings. The molecule has 0 aromatic rings. The van der Waals surface area contributed by atoms with Gasteiger partial charge >= 0.3 is 11.9 Å². The molecule has 0 aromatic heterocycles. The van der Waals surface area contributed by atoms with Gasteiger partial charge in [-0.3, -0.25) is 0 Å². The summed E-state index contributed by atoms with van der Waals surface area (Å²) in [5, 5.41) is 0. The summed E-state index contributed by atoms with van der Waals surface area (Å²) in [7, 11) is 1.47. The van der Waals surface area contributed by atoms with Crippen LogP contribution in [0.4, 0.5) is 0 Å². The molecule has 0 rings (SSSR count). The fraction of sp³-hybridized carbons (Fsp3) is 0.500. The summed E-state index contributed by atoms with van der Waals surface area (Å²) in [4.78, 5) is 34.1. The van der Waals surface area contributed by atoms with Crippen molar-refractivity contribution in [2.45, 2.75) is 39.2 Å². The van der Waals surface area contributed by atoms with Crippen molar-refractivity contribution in [3.05, 3.63) is 25.3 Å². The number of methoxy groups -OCH3 is 1. The molecule has 0 aliphatic carbocycles. The van der Waals surface area contributed by atoms with Gasteiger partial charge in [0, 0.05) is 39.5 Å². The Hall–Kier alpha value is -2.24. The molecular formula is C14H21NO6. The van der Waals surface area contributed by atoms with Crippen LogP contribution in [0.1, 0.15) is 27.2 Å². The highest BCUT2D eigenvalue weighted by Gasteiger charge is 2.19. The quantitative estimate of drug-likeness (QED) is 0.234. The first-order chi connectivity index (χ1) is 9.76. The van der Waals surface area contributed by atoms with Crippen LogP contribution in [0.3, 0.4) is 0 Å². The molecule has 0 amide bonds. The monoisotopic (exact) mass is 299 g/mol. The molecule has 0 heterocycles. The van der Waals surface area contributed by atoms with Crippen LogP contribution in [0, 0.1) is 0 Å². The van der Waals surface area contributed by atoms with Gasteiger partial charge < -0.3 is 14.2 Å². The summed E-state index contributed by atoms with van der Waals surface area (Å²) in [6.45, 7) is 11.5. The van der Waals surface area contributed by atoms with Crippen molar-refractivity contribution in [1.82, 2.24) is 0 Å². The first-order valence-electron chi connectivity index (χ1n) is 6.06. The van der Waals surface area contributed by atoms with E-state index in [0.717, 1.165) is 12.2 Å². The van der Waals surface area contributed by atoms with Gasteiger partial charge in [-0.05, 0) is 0 Å². The van der Waals surface area contributed by atoms with Crippen molar-refractivity contribution in [3.63, 3.8) is 0 Å². The summed E-state index contributed by atoms with van der Waals surface area (Å²) in [5.41, 5.74) is 0. The van der Waals surface area contributed by atoms with Gasteiger partial charge in [-0.25, -0.2) is 14.4 Å². The van der Waals surface area contributed by atoms with Crippen LogP contribution in [0.2, 0.25) is 0 Å². The van der Waals surface area contributed by atoms with E-state index in [2.05, 4.69) is 22.9 Å². The molecule has 0 aromatic carbocycles. The number of nitrogens with zero attached hydrogens (tertiary/aromatic N) is 1. The minimum absolute atomic E-state index is 0.453. The number of carbonyl (C=O) groups is 2. The predicted octanol–water partition coefficient (Wildman–Crippen LogP) is 1.89. The molecule has 0 aliphatic heterocycles. The smallest absolute Gasteiger partial charge is 0.332 e. The van der Waals surface area contributed by atoms with E-state index < -0.39 is 24.0 Å². The summed E-state index contributed by atoms with van der Waals surface area (Å²) >= 11 is 0. The Morgan fingerprint density at radius 3 is 2.14 bits per heavy atom. The van der Waals surface area contributed by atoms with E-state index in [9.17, 15) is 14.4 Å². The Labute approximate surface area is 124 Å². The average molecular weight is 299 g/mol. The highest BCUT2D eigenvalue weighted by Crippen LogP contribution is 2.09. The second-order valence-corrected chi connectivity index (χ2v) is 3.95. The SMILES string of the molecule is C=CC(=O)OC(C)(C)OC.C=CC(=O)OC(CC)N=C=O. The lowest BCUT2D eigenvalue weighted by Gasteiger charge is -2.21. The third-order valence-electron chi connectivity index (χ3n) is 1.97. The molecule has 1 atom stereocenters. The summed E-state index contributed by atoms with van der Waals surface area (Å²) in [5.74, 6) is -1.92. The number of carbonyl (C=O) groups excluding carboxylic acids is 3. The van der Waals surface area contributed by atoms with Crippen molar-refractivity contribution in [1.29, 1.82) is 0 Å². The molecular weight excluding hydrogens is 278 g/mol. The molecule has 118 valence electrons. The molecule has 1 unspecified atom stereocenters. The zero-order valence-corrected chi connectivity index (χ0v) is 12.8. The van der Waals surface area contributed by atoms with Gasteiger partial charge in [0.1, 0.15) is 0 Å². The Morgan fingerprint density at radius 1 is 1.29 bits per heavy atom. The molecule has 0 saturated carbocycles. The maximum absolute atomic E-state index is 10.6. The van der Waals surface area contributed by atoms with Gasteiger partial charge in [0.2, 0.25) is 18.1 Å². The number of rotatable bonds is 7. The first-order valence-corrected chi connectivity index (χ1v) is 6.06. The molecule has 7 heteroatoms. The van der Waals surface area contributed by atoms with Gasteiger partial charge in [0.15, 0.2) is 0 Å². The number of aliphatic imine (C=N–C) groups is 1. The topological polar surface area (TPSA) is 91.3 Å². The highest BCUT2D eigenvalue weighted by molar-refractivity contribution is 5.81. The molecule has 0 saturated heterocycles. The van der Waals surface area contributed by atoms with Crippen LogP contribution in [-0.2, 0) is 28.6 Å². The van der Waals surface area contributed by atoms with Crippen LogP contribution in [0.5, 0.6) is 0 Å². The fourth-order valence-electron chi connectivity index (χ4n) is 0.768. The molecule has 0 spiro atoms. The van der Waals surface area contributed by atoms with Crippen LogP contribution in [-0.4, -0.2) is 37.1 Å². The van der Waals surface area contributed by atoms with Gasteiger partial charge in [0.05, 0.1) is 0 Å². The van der Waals surface area contributed by atoms with Crippen LogP contribution >= 0.6 is 0 Å². The van der Waals surface area contributed by atoms with Gasteiger partial charge in [-0.2, -0.15) is 4.99 Å². The minimum atomic E-state index is -0.856. The third kappa shape index (κ3) is 12.5. The van der Waals surface area contributed by atoms with E-state index >= 15 is 0 Å². The Kier molecular flexibility index (Phi) is 11.6. The molecule has 0 radical (unpaired) electrons. The maximum Gasteiger partial charge on any atom is 0.332 e. The molecule has 21 heavy (non-hydrogen) atoms. The van der Waals surface area contributed by atoms with Crippen LogP contribution in [0.25, 0.3) is 0 Å². The largest absolute Gasteiger partial charge is 0.436 e. The lowest BCUT2D eigenvalue weighted by Crippen LogP contribution is -2.29. The second-order valence-electron chi connectivity index (χ2n) is 3.95. The minimum Gasteiger partial charge on any atom is -0.436 e. The van der Waals surface area contributed by atoms with Crippen molar-refractivity contribution >= 4 is 18.0 Å². The average Bonchev–Trinajstić information content (AvgIpc) is 2.46. The van der Waals surface area contributed by atoms with E-state index in [1.54, 1.807) is 20.8 Å².